The van der Waals surface area contributed by atoms with Crippen LogP contribution in [0.2, 0.25) is 0 Å². The van der Waals surface area contributed by atoms with Gasteiger partial charge in [0.25, 0.3) is 0 Å². The normalized spacial score (nSPS) is 23.0. The molecule has 2 rings (SSSR count). The summed E-state index contributed by atoms with van der Waals surface area (Å²) in [6.07, 6.45) is 3.09. The van der Waals surface area contributed by atoms with Crippen molar-refractivity contribution in [1.82, 2.24) is 0 Å². The lowest BCUT2D eigenvalue weighted by Gasteiger charge is -2.49. The zero-order chi connectivity index (χ0) is 15.3. The summed E-state index contributed by atoms with van der Waals surface area (Å²) in [6, 6.07) is 4.20. The van der Waals surface area contributed by atoms with Crippen LogP contribution in [0.1, 0.15) is 68.4 Å². The fourth-order valence-corrected chi connectivity index (χ4v) is 3.82. The first kappa shape index (κ1) is 15.5. The molecule has 0 bridgehead atoms. The zero-order valence-electron chi connectivity index (χ0n) is 13.0. The van der Waals surface area contributed by atoms with Gasteiger partial charge in [-0.2, -0.15) is 0 Å². The molecule has 108 valence electrons. The molecule has 0 aromatic heterocycles. The van der Waals surface area contributed by atoms with Crippen LogP contribution in [0.4, 0.5) is 0 Å². The van der Waals surface area contributed by atoms with Crippen molar-refractivity contribution in [2.75, 3.05) is 0 Å². The lowest BCUT2D eigenvalue weighted by atomic mass is 9.55. The summed E-state index contributed by atoms with van der Waals surface area (Å²) in [5, 5.41) is 0. The molecule has 20 heavy (non-hydrogen) atoms. The minimum absolute atomic E-state index is 0.0691. The average molecular weight is 335 g/mol. The highest BCUT2D eigenvalue weighted by molar-refractivity contribution is 9.10. The molecule has 1 atom stereocenters. The van der Waals surface area contributed by atoms with E-state index in [0.717, 1.165) is 16.5 Å². The standard InChI is InChI=1S/C18H23BrO/c1-7-12-10-17(3,4)18(5,6)15-9-16(19)13(11(2)20)8-14(12)15/h7-9,12H,1,10H2,2-6H3. The molecule has 1 aromatic rings. The predicted octanol–water partition coefficient (Wildman–Crippen LogP) is 5.63. The van der Waals surface area contributed by atoms with Crippen molar-refractivity contribution in [2.45, 2.75) is 52.4 Å². The molecule has 1 aromatic carbocycles. The Morgan fingerprint density at radius 1 is 1.35 bits per heavy atom. The molecule has 1 nitrogen and oxygen atoms in total. The molecule has 0 aliphatic heterocycles. The van der Waals surface area contributed by atoms with Gasteiger partial charge in [-0.1, -0.05) is 49.7 Å². The number of rotatable bonds is 2. The van der Waals surface area contributed by atoms with E-state index >= 15 is 0 Å². The SMILES string of the molecule is C=CC1CC(C)(C)C(C)(C)c2cc(Br)c(C(C)=O)cc21. The van der Waals surface area contributed by atoms with Crippen LogP contribution in [0.3, 0.4) is 0 Å². The van der Waals surface area contributed by atoms with Crippen molar-refractivity contribution >= 4 is 21.7 Å². The summed E-state index contributed by atoms with van der Waals surface area (Å²) in [5.41, 5.74) is 3.62. The van der Waals surface area contributed by atoms with Crippen molar-refractivity contribution < 1.29 is 4.79 Å². The third-order valence-corrected chi connectivity index (χ3v) is 5.95. The van der Waals surface area contributed by atoms with Crippen molar-refractivity contribution in [3.63, 3.8) is 0 Å². The number of carbonyl (C=O) groups excluding carboxylic acids is 1. The van der Waals surface area contributed by atoms with Crippen molar-refractivity contribution in [1.29, 1.82) is 0 Å². The minimum atomic E-state index is 0.0691. The number of carbonyl (C=O) groups is 1. The van der Waals surface area contributed by atoms with Gasteiger partial charge in [-0.3, -0.25) is 4.79 Å². The van der Waals surface area contributed by atoms with Gasteiger partial charge in [0, 0.05) is 16.0 Å². The number of halogens is 1. The third-order valence-electron chi connectivity index (χ3n) is 5.30. The van der Waals surface area contributed by atoms with E-state index in [1.165, 1.54) is 11.1 Å². The average Bonchev–Trinajstić information content (AvgIpc) is 2.33. The first-order valence-corrected chi connectivity index (χ1v) is 7.88. The molecule has 0 heterocycles. The van der Waals surface area contributed by atoms with Crippen LogP contribution in [0.25, 0.3) is 0 Å². The van der Waals surface area contributed by atoms with Gasteiger partial charge in [-0.15, -0.1) is 6.58 Å². The quantitative estimate of drug-likeness (QED) is 0.506. The van der Waals surface area contributed by atoms with Gasteiger partial charge in [0.05, 0.1) is 0 Å². The van der Waals surface area contributed by atoms with Gasteiger partial charge in [-0.05, 0) is 47.4 Å². The lowest BCUT2D eigenvalue weighted by molar-refractivity contribution is 0.101. The van der Waals surface area contributed by atoms with Gasteiger partial charge in [0.2, 0.25) is 0 Å². The fraction of sp³-hybridized carbons (Fsp3) is 0.500. The van der Waals surface area contributed by atoms with Crippen LogP contribution in [0, 0.1) is 5.41 Å². The van der Waals surface area contributed by atoms with Gasteiger partial charge >= 0.3 is 0 Å². The van der Waals surface area contributed by atoms with Crippen LogP contribution < -0.4 is 0 Å². The van der Waals surface area contributed by atoms with E-state index in [9.17, 15) is 4.79 Å². The number of Topliss-reactive ketones (excluding diaryl/α,β-unsaturated/α-hetero) is 1. The van der Waals surface area contributed by atoms with Gasteiger partial charge in [0.15, 0.2) is 5.78 Å². The summed E-state index contributed by atoms with van der Waals surface area (Å²) in [5.74, 6) is 0.421. The van der Waals surface area contributed by atoms with E-state index in [4.69, 9.17) is 0 Å². The third kappa shape index (κ3) is 2.18. The van der Waals surface area contributed by atoms with E-state index < -0.39 is 0 Å². The zero-order valence-corrected chi connectivity index (χ0v) is 14.6. The Morgan fingerprint density at radius 2 is 1.95 bits per heavy atom. The molecule has 1 aliphatic rings. The fourth-order valence-electron chi connectivity index (χ4n) is 3.20. The highest BCUT2D eigenvalue weighted by Gasteiger charge is 2.45. The Kier molecular flexibility index (Phi) is 3.75. The molecule has 1 aliphatic carbocycles. The first-order valence-electron chi connectivity index (χ1n) is 7.09. The van der Waals surface area contributed by atoms with E-state index in [2.05, 4.69) is 62.3 Å². The van der Waals surface area contributed by atoms with Gasteiger partial charge in [0.1, 0.15) is 0 Å². The number of hydrogen-bond donors (Lipinski definition) is 0. The molecule has 0 saturated carbocycles. The summed E-state index contributed by atoms with van der Waals surface area (Å²) < 4.78 is 0.900. The monoisotopic (exact) mass is 334 g/mol. The van der Waals surface area contributed by atoms with E-state index in [0.29, 0.717) is 5.92 Å². The maximum atomic E-state index is 11.8. The van der Waals surface area contributed by atoms with Crippen molar-refractivity contribution in [2.24, 2.45) is 5.41 Å². The molecule has 0 amide bonds. The number of fused-ring (bicyclic) bond motifs is 1. The maximum absolute atomic E-state index is 11.8. The lowest BCUT2D eigenvalue weighted by Crippen LogP contribution is -2.42. The second-order valence-corrected chi connectivity index (χ2v) is 7.89. The largest absolute Gasteiger partial charge is 0.294 e. The summed E-state index contributed by atoms with van der Waals surface area (Å²) in [4.78, 5) is 11.8. The highest BCUT2D eigenvalue weighted by Crippen LogP contribution is 2.54. The molecule has 2 heteroatoms. The minimum Gasteiger partial charge on any atom is -0.294 e. The Bertz CT molecular complexity index is 581. The van der Waals surface area contributed by atoms with E-state index in [1.807, 2.05) is 6.08 Å². The summed E-state index contributed by atoms with van der Waals surface area (Å²) in [7, 11) is 0. The van der Waals surface area contributed by atoms with E-state index in [-0.39, 0.29) is 16.6 Å². The molecular weight excluding hydrogens is 312 g/mol. The molecule has 0 saturated heterocycles. The number of allylic oxidation sites excluding steroid dienone is 1. The topological polar surface area (TPSA) is 17.1 Å². The van der Waals surface area contributed by atoms with Crippen LogP contribution in [-0.2, 0) is 5.41 Å². The summed E-state index contributed by atoms with van der Waals surface area (Å²) in [6.45, 7) is 14.8. The second-order valence-electron chi connectivity index (χ2n) is 7.03. The molecule has 0 fully saturated rings. The Balaban J connectivity index is 2.76. The van der Waals surface area contributed by atoms with Crippen LogP contribution in [0.5, 0.6) is 0 Å². The molecule has 0 radical (unpaired) electrons. The molecule has 1 unspecified atom stereocenters. The second kappa shape index (κ2) is 4.84. The maximum Gasteiger partial charge on any atom is 0.160 e. The van der Waals surface area contributed by atoms with Crippen LogP contribution >= 0.6 is 15.9 Å². The molecule has 0 N–H and O–H groups in total. The van der Waals surface area contributed by atoms with E-state index in [1.54, 1.807) is 6.92 Å². The smallest absolute Gasteiger partial charge is 0.160 e. The Labute approximate surface area is 130 Å². The Morgan fingerprint density at radius 3 is 2.45 bits per heavy atom. The number of ketones is 1. The predicted molar refractivity (Wildman–Crippen MR) is 88.5 cm³/mol. The molecule has 0 spiro atoms. The first-order chi connectivity index (χ1) is 9.11. The van der Waals surface area contributed by atoms with Gasteiger partial charge < -0.3 is 0 Å². The van der Waals surface area contributed by atoms with Gasteiger partial charge in [-0.25, -0.2) is 0 Å². The van der Waals surface area contributed by atoms with Crippen molar-refractivity contribution in [3.8, 4) is 0 Å². The molecular formula is C18H23BrO. The Hall–Kier alpha value is -0.890. The van der Waals surface area contributed by atoms with Crippen molar-refractivity contribution in [3.05, 3.63) is 46.0 Å². The van der Waals surface area contributed by atoms with Crippen LogP contribution in [-0.4, -0.2) is 5.78 Å². The van der Waals surface area contributed by atoms with Crippen LogP contribution in [0.15, 0.2) is 29.3 Å². The number of benzene rings is 1. The highest BCUT2D eigenvalue weighted by atomic mass is 79.9. The summed E-state index contributed by atoms with van der Waals surface area (Å²) >= 11 is 3.56. The number of hydrogen-bond acceptors (Lipinski definition) is 1.